The highest BCUT2D eigenvalue weighted by atomic mass is 16.5. The summed E-state index contributed by atoms with van der Waals surface area (Å²) in [5.41, 5.74) is 4.71. The quantitative estimate of drug-likeness (QED) is 0.379. The zero-order valence-corrected chi connectivity index (χ0v) is 17.2. The van der Waals surface area contributed by atoms with E-state index in [1.807, 2.05) is 48.6 Å². The van der Waals surface area contributed by atoms with Crippen LogP contribution >= 0.6 is 0 Å². The lowest BCUT2D eigenvalue weighted by atomic mass is 9.99. The predicted octanol–water partition coefficient (Wildman–Crippen LogP) is 5.99. The van der Waals surface area contributed by atoms with Crippen LogP contribution < -0.4 is 4.74 Å². The minimum atomic E-state index is -0.351. The number of carbonyl (C=O) groups excluding carboxylic acids is 1. The number of hydrogen-bond acceptors (Lipinski definition) is 3. The third-order valence-electron chi connectivity index (χ3n) is 4.47. The number of hydrogen-bond donors (Lipinski definition) is 0. The van der Waals surface area contributed by atoms with Crippen molar-refractivity contribution in [1.82, 2.24) is 0 Å². The Bertz CT molecular complexity index is 1070. The standard InChI is InChI=1S/C27H24O3/c1-3-20-30-25-18-16-23(17-19-25)26-11-7-6-10-22(26)9-5-4-8-21-12-14-24(15-13-21)27(28)29-2/h5-7,9-19H,3,20H2,1-2H3/b9-5+. The fourth-order valence-corrected chi connectivity index (χ4v) is 2.92. The van der Waals surface area contributed by atoms with Gasteiger partial charge in [0.05, 0.1) is 19.3 Å². The topological polar surface area (TPSA) is 35.5 Å². The highest BCUT2D eigenvalue weighted by Crippen LogP contribution is 2.26. The average Bonchev–Trinajstić information content (AvgIpc) is 2.81. The number of benzene rings is 3. The zero-order valence-electron chi connectivity index (χ0n) is 17.2. The Morgan fingerprint density at radius 3 is 2.40 bits per heavy atom. The first kappa shape index (κ1) is 21.0. The number of rotatable bonds is 6. The highest BCUT2D eigenvalue weighted by Gasteiger charge is 2.04. The van der Waals surface area contributed by atoms with E-state index in [0.29, 0.717) is 5.56 Å². The average molecular weight is 396 g/mol. The maximum absolute atomic E-state index is 11.5. The molecule has 0 atom stereocenters. The molecule has 0 N–H and O–H groups in total. The van der Waals surface area contributed by atoms with Crippen molar-refractivity contribution in [3.05, 3.63) is 95.6 Å². The molecule has 150 valence electrons. The first-order chi connectivity index (χ1) is 14.7. The van der Waals surface area contributed by atoms with Crippen LogP contribution in [0.1, 0.15) is 34.8 Å². The van der Waals surface area contributed by atoms with Crippen LogP contribution in [-0.4, -0.2) is 19.7 Å². The van der Waals surface area contributed by atoms with Crippen LogP contribution in [0.5, 0.6) is 5.75 Å². The Kier molecular flexibility index (Phi) is 7.46. The van der Waals surface area contributed by atoms with Crippen molar-refractivity contribution < 1.29 is 14.3 Å². The van der Waals surface area contributed by atoms with Crippen molar-refractivity contribution in [2.45, 2.75) is 13.3 Å². The summed E-state index contributed by atoms with van der Waals surface area (Å²) < 4.78 is 10.4. The van der Waals surface area contributed by atoms with Gasteiger partial charge in [-0.15, -0.1) is 0 Å². The molecule has 0 aliphatic heterocycles. The summed E-state index contributed by atoms with van der Waals surface area (Å²) in [6.45, 7) is 2.82. The summed E-state index contributed by atoms with van der Waals surface area (Å²) in [4.78, 5) is 11.5. The lowest BCUT2D eigenvalue weighted by molar-refractivity contribution is 0.0600. The zero-order chi connectivity index (χ0) is 21.2. The molecular formula is C27H24O3. The molecule has 0 fully saturated rings. The molecule has 3 heteroatoms. The summed E-state index contributed by atoms with van der Waals surface area (Å²) in [5, 5.41) is 0. The van der Waals surface area contributed by atoms with Crippen LogP contribution in [0.2, 0.25) is 0 Å². The van der Waals surface area contributed by atoms with Crippen molar-refractivity contribution in [1.29, 1.82) is 0 Å². The smallest absolute Gasteiger partial charge is 0.337 e. The normalized spacial score (nSPS) is 10.3. The second-order valence-corrected chi connectivity index (χ2v) is 6.63. The van der Waals surface area contributed by atoms with Crippen LogP contribution in [0.25, 0.3) is 17.2 Å². The van der Waals surface area contributed by atoms with Crippen LogP contribution in [-0.2, 0) is 4.74 Å². The molecule has 0 spiro atoms. The van der Waals surface area contributed by atoms with E-state index >= 15 is 0 Å². The molecular weight excluding hydrogens is 372 g/mol. The van der Waals surface area contributed by atoms with E-state index in [2.05, 4.69) is 43.0 Å². The minimum Gasteiger partial charge on any atom is -0.494 e. The Balaban J connectivity index is 1.73. The Labute approximate surface area is 178 Å². The van der Waals surface area contributed by atoms with Crippen LogP contribution in [0.15, 0.2) is 78.9 Å². The fraction of sp³-hybridized carbons (Fsp3) is 0.148. The van der Waals surface area contributed by atoms with E-state index in [1.54, 1.807) is 12.1 Å². The summed E-state index contributed by atoms with van der Waals surface area (Å²) in [6.07, 6.45) is 4.84. The van der Waals surface area contributed by atoms with E-state index in [4.69, 9.17) is 9.47 Å². The molecule has 3 aromatic carbocycles. The molecule has 0 unspecified atom stereocenters. The van der Waals surface area contributed by atoms with E-state index in [9.17, 15) is 4.79 Å². The molecule has 0 bridgehead atoms. The van der Waals surface area contributed by atoms with Gasteiger partial charge in [-0.3, -0.25) is 0 Å². The van der Waals surface area contributed by atoms with Crippen LogP contribution in [0.4, 0.5) is 0 Å². The molecule has 0 radical (unpaired) electrons. The maximum atomic E-state index is 11.5. The second-order valence-electron chi connectivity index (χ2n) is 6.63. The summed E-state index contributed by atoms with van der Waals surface area (Å²) in [6, 6.07) is 23.4. The molecule has 0 aromatic heterocycles. The van der Waals surface area contributed by atoms with E-state index in [1.165, 1.54) is 7.11 Å². The number of esters is 1. The van der Waals surface area contributed by atoms with Gasteiger partial charge in [-0.25, -0.2) is 4.79 Å². The van der Waals surface area contributed by atoms with Gasteiger partial charge in [-0.1, -0.05) is 55.2 Å². The number of carbonyl (C=O) groups is 1. The molecule has 3 aromatic rings. The van der Waals surface area contributed by atoms with E-state index < -0.39 is 0 Å². The van der Waals surface area contributed by atoms with Crippen LogP contribution in [0.3, 0.4) is 0 Å². The number of ether oxygens (including phenoxy) is 2. The first-order valence-electron chi connectivity index (χ1n) is 9.90. The Hall–Kier alpha value is -3.77. The molecule has 0 saturated carbocycles. The maximum Gasteiger partial charge on any atom is 0.337 e. The van der Waals surface area contributed by atoms with E-state index in [0.717, 1.165) is 41.0 Å². The fourth-order valence-electron chi connectivity index (χ4n) is 2.92. The van der Waals surface area contributed by atoms with Crippen molar-refractivity contribution in [3.63, 3.8) is 0 Å². The van der Waals surface area contributed by atoms with Gasteiger partial charge in [0.15, 0.2) is 0 Å². The molecule has 0 amide bonds. The van der Waals surface area contributed by atoms with Crippen LogP contribution in [0, 0.1) is 11.8 Å². The Morgan fingerprint density at radius 1 is 0.967 bits per heavy atom. The number of allylic oxidation sites excluding steroid dienone is 1. The molecule has 3 nitrogen and oxygen atoms in total. The monoisotopic (exact) mass is 396 g/mol. The van der Waals surface area contributed by atoms with Crippen molar-refractivity contribution >= 4 is 12.0 Å². The third-order valence-corrected chi connectivity index (χ3v) is 4.47. The summed E-state index contributed by atoms with van der Waals surface area (Å²) in [7, 11) is 1.37. The van der Waals surface area contributed by atoms with Gasteiger partial charge in [-0.2, -0.15) is 0 Å². The molecule has 0 heterocycles. The molecule has 0 aliphatic rings. The third kappa shape index (κ3) is 5.62. The first-order valence-corrected chi connectivity index (χ1v) is 9.90. The van der Waals surface area contributed by atoms with Crippen molar-refractivity contribution in [2.75, 3.05) is 13.7 Å². The molecule has 3 rings (SSSR count). The van der Waals surface area contributed by atoms with Gasteiger partial charge in [-0.05, 0) is 71.7 Å². The summed E-state index contributed by atoms with van der Waals surface area (Å²) in [5.74, 6) is 6.67. The second kappa shape index (κ2) is 10.7. The lowest BCUT2D eigenvalue weighted by Gasteiger charge is -2.08. The summed E-state index contributed by atoms with van der Waals surface area (Å²) >= 11 is 0. The Morgan fingerprint density at radius 2 is 1.70 bits per heavy atom. The number of methoxy groups -OCH3 is 1. The van der Waals surface area contributed by atoms with Gasteiger partial charge in [0, 0.05) is 5.56 Å². The molecule has 30 heavy (non-hydrogen) atoms. The highest BCUT2D eigenvalue weighted by molar-refractivity contribution is 5.89. The lowest BCUT2D eigenvalue weighted by Crippen LogP contribution is -2.00. The van der Waals surface area contributed by atoms with Gasteiger partial charge < -0.3 is 9.47 Å². The van der Waals surface area contributed by atoms with Crippen molar-refractivity contribution in [2.24, 2.45) is 0 Å². The van der Waals surface area contributed by atoms with Gasteiger partial charge in [0.2, 0.25) is 0 Å². The molecule has 0 aliphatic carbocycles. The SMILES string of the molecule is CCCOc1ccc(-c2ccccc2/C=C/C#Cc2ccc(C(=O)OC)cc2)cc1. The van der Waals surface area contributed by atoms with Gasteiger partial charge in [0.1, 0.15) is 5.75 Å². The van der Waals surface area contributed by atoms with Gasteiger partial charge >= 0.3 is 5.97 Å². The van der Waals surface area contributed by atoms with Crippen molar-refractivity contribution in [3.8, 4) is 28.7 Å². The predicted molar refractivity (Wildman–Crippen MR) is 121 cm³/mol. The van der Waals surface area contributed by atoms with Gasteiger partial charge in [0.25, 0.3) is 0 Å². The molecule has 0 saturated heterocycles. The van der Waals surface area contributed by atoms with E-state index in [-0.39, 0.29) is 5.97 Å². The minimum absolute atomic E-state index is 0.351. The largest absolute Gasteiger partial charge is 0.494 e.